The predicted molar refractivity (Wildman–Crippen MR) is 112 cm³/mol. The second-order valence-electron chi connectivity index (χ2n) is 6.42. The molecule has 0 amide bonds. The average Bonchev–Trinajstić information content (AvgIpc) is 2.47. The lowest BCUT2D eigenvalue weighted by Gasteiger charge is -2.05. The minimum atomic E-state index is 1.22. The lowest BCUT2D eigenvalue weighted by atomic mass is 10.0. The van der Waals surface area contributed by atoms with Gasteiger partial charge in [-0.25, -0.2) is 0 Å². The summed E-state index contributed by atoms with van der Waals surface area (Å²) in [6.45, 7) is 2.29. The van der Waals surface area contributed by atoms with Gasteiger partial charge in [-0.15, -0.1) is 0 Å². The molecule has 0 N–H and O–H groups in total. The maximum Gasteiger partial charge on any atom is 0.0188 e. The standard InChI is InChI=1S/C20H32BrI/c1-2-3-4-5-6-7-8-9-10-11-12-13-14-18-15-19(21)17-20(22)16-18/h15-17H,2-14H2,1H3. The van der Waals surface area contributed by atoms with Crippen LogP contribution in [0.25, 0.3) is 0 Å². The Morgan fingerprint density at radius 3 is 1.73 bits per heavy atom. The normalized spacial score (nSPS) is 11.0. The van der Waals surface area contributed by atoms with Gasteiger partial charge < -0.3 is 0 Å². The van der Waals surface area contributed by atoms with Crippen molar-refractivity contribution in [1.82, 2.24) is 0 Å². The molecular formula is C20H32BrI. The maximum atomic E-state index is 3.59. The number of aryl methyl sites for hydroxylation is 1. The lowest BCUT2D eigenvalue weighted by Crippen LogP contribution is -1.88. The van der Waals surface area contributed by atoms with E-state index in [-0.39, 0.29) is 0 Å². The van der Waals surface area contributed by atoms with Gasteiger partial charge in [0.2, 0.25) is 0 Å². The molecule has 0 bridgehead atoms. The second-order valence-corrected chi connectivity index (χ2v) is 8.58. The van der Waals surface area contributed by atoms with Crippen molar-refractivity contribution in [1.29, 1.82) is 0 Å². The van der Waals surface area contributed by atoms with Crippen molar-refractivity contribution in [3.63, 3.8) is 0 Å². The molecule has 1 aromatic carbocycles. The van der Waals surface area contributed by atoms with Crippen LogP contribution in [0.3, 0.4) is 0 Å². The first-order valence-corrected chi connectivity index (χ1v) is 11.0. The molecule has 0 saturated carbocycles. The molecule has 0 radical (unpaired) electrons. The van der Waals surface area contributed by atoms with Gasteiger partial charge in [-0.3, -0.25) is 0 Å². The third kappa shape index (κ3) is 11.0. The summed E-state index contributed by atoms with van der Waals surface area (Å²) in [4.78, 5) is 0. The Morgan fingerprint density at radius 1 is 0.727 bits per heavy atom. The fourth-order valence-corrected chi connectivity index (χ4v) is 4.63. The highest BCUT2D eigenvalue weighted by Gasteiger charge is 1.98. The zero-order valence-electron chi connectivity index (χ0n) is 14.2. The summed E-state index contributed by atoms with van der Waals surface area (Å²) >= 11 is 5.98. The van der Waals surface area contributed by atoms with Gasteiger partial charge in [0, 0.05) is 8.04 Å². The third-order valence-corrected chi connectivity index (χ3v) is 5.32. The van der Waals surface area contributed by atoms with Gasteiger partial charge in [0.25, 0.3) is 0 Å². The fourth-order valence-electron chi connectivity index (χ4n) is 2.93. The number of halogens is 2. The summed E-state index contributed by atoms with van der Waals surface area (Å²) in [5.74, 6) is 0. The molecule has 2 heteroatoms. The highest BCUT2D eigenvalue weighted by molar-refractivity contribution is 14.1. The van der Waals surface area contributed by atoms with Gasteiger partial charge >= 0.3 is 0 Å². The highest BCUT2D eigenvalue weighted by Crippen LogP contribution is 2.19. The first-order chi connectivity index (χ1) is 10.7. The molecular weight excluding hydrogens is 447 g/mol. The number of unbranched alkanes of at least 4 members (excludes halogenated alkanes) is 11. The van der Waals surface area contributed by atoms with Gasteiger partial charge in [-0.05, 0) is 59.2 Å². The molecule has 0 nitrogen and oxygen atoms in total. The summed E-state index contributed by atoms with van der Waals surface area (Å²) in [6, 6.07) is 6.75. The molecule has 0 fully saturated rings. The molecule has 0 aliphatic heterocycles. The van der Waals surface area contributed by atoms with Crippen LogP contribution in [0, 0.1) is 3.57 Å². The van der Waals surface area contributed by atoms with E-state index < -0.39 is 0 Å². The Kier molecular flexibility index (Phi) is 12.9. The molecule has 0 aliphatic carbocycles. The smallest absolute Gasteiger partial charge is 0.0188 e. The zero-order valence-corrected chi connectivity index (χ0v) is 17.9. The Balaban J connectivity index is 1.89. The van der Waals surface area contributed by atoms with Crippen LogP contribution in [0.15, 0.2) is 22.7 Å². The first-order valence-electron chi connectivity index (χ1n) is 9.17. The molecule has 22 heavy (non-hydrogen) atoms. The number of hydrogen-bond donors (Lipinski definition) is 0. The third-order valence-electron chi connectivity index (χ3n) is 4.24. The van der Waals surface area contributed by atoms with Crippen molar-refractivity contribution < 1.29 is 0 Å². The summed E-state index contributed by atoms with van der Waals surface area (Å²) in [5.41, 5.74) is 1.48. The minimum Gasteiger partial charge on any atom is -0.0654 e. The van der Waals surface area contributed by atoms with Crippen molar-refractivity contribution in [2.75, 3.05) is 0 Å². The van der Waals surface area contributed by atoms with Crippen LogP contribution in [0.1, 0.15) is 89.5 Å². The zero-order chi connectivity index (χ0) is 16.0. The van der Waals surface area contributed by atoms with Gasteiger partial charge in [-0.1, -0.05) is 93.5 Å². The molecule has 0 unspecified atom stereocenters. The quantitative estimate of drug-likeness (QED) is 0.197. The van der Waals surface area contributed by atoms with Gasteiger partial charge in [0.05, 0.1) is 0 Å². The topological polar surface area (TPSA) is 0 Å². The van der Waals surface area contributed by atoms with Crippen LogP contribution in [0.5, 0.6) is 0 Å². The van der Waals surface area contributed by atoms with Crippen molar-refractivity contribution >= 4 is 38.5 Å². The summed E-state index contributed by atoms with van der Waals surface area (Å²) < 4.78 is 2.55. The average molecular weight is 479 g/mol. The van der Waals surface area contributed by atoms with E-state index in [1.54, 1.807) is 0 Å². The van der Waals surface area contributed by atoms with Crippen molar-refractivity contribution in [3.8, 4) is 0 Å². The number of hydrogen-bond acceptors (Lipinski definition) is 0. The molecule has 0 spiro atoms. The van der Waals surface area contributed by atoms with Crippen molar-refractivity contribution in [3.05, 3.63) is 31.8 Å². The predicted octanol–water partition coefficient (Wildman–Crippen LogP) is 8.30. The van der Waals surface area contributed by atoms with E-state index in [1.807, 2.05) is 0 Å². The Hall–Kier alpha value is 0.430. The largest absolute Gasteiger partial charge is 0.0654 e. The van der Waals surface area contributed by atoms with E-state index in [4.69, 9.17) is 0 Å². The molecule has 1 aromatic rings. The van der Waals surface area contributed by atoms with Crippen LogP contribution in [0.4, 0.5) is 0 Å². The second kappa shape index (κ2) is 13.8. The van der Waals surface area contributed by atoms with Crippen molar-refractivity contribution in [2.24, 2.45) is 0 Å². The highest BCUT2D eigenvalue weighted by atomic mass is 127. The Morgan fingerprint density at radius 2 is 1.23 bits per heavy atom. The van der Waals surface area contributed by atoms with Crippen LogP contribution in [-0.4, -0.2) is 0 Å². The fraction of sp³-hybridized carbons (Fsp3) is 0.700. The monoisotopic (exact) mass is 478 g/mol. The Labute approximate surface area is 160 Å². The molecule has 0 aliphatic rings. The van der Waals surface area contributed by atoms with Crippen LogP contribution in [0.2, 0.25) is 0 Å². The summed E-state index contributed by atoms with van der Waals surface area (Å²) in [6.07, 6.45) is 18.3. The van der Waals surface area contributed by atoms with Gasteiger partial charge in [0.15, 0.2) is 0 Å². The van der Waals surface area contributed by atoms with Gasteiger partial charge in [-0.2, -0.15) is 0 Å². The lowest BCUT2D eigenvalue weighted by molar-refractivity contribution is 0.544. The van der Waals surface area contributed by atoms with Crippen LogP contribution < -0.4 is 0 Å². The first kappa shape index (κ1) is 20.5. The Bertz CT molecular complexity index is 369. The molecule has 0 atom stereocenters. The SMILES string of the molecule is CCCCCCCCCCCCCCc1cc(Br)cc(I)c1. The number of benzene rings is 1. The van der Waals surface area contributed by atoms with Gasteiger partial charge in [0.1, 0.15) is 0 Å². The molecule has 0 heterocycles. The molecule has 1 rings (SSSR count). The number of rotatable bonds is 13. The molecule has 0 aromatic heterocycles. The van der Waals surface area contributed by atoms with E-state index in [2.05, 4.69) is 63.6 Å². The summed E-state index contributed by atoms with van der Waals surface area (Å²) in [7, 11) is 0. The van der Waals surface area contributed by atoms with Crippen LogP contribution in [-0.2, 0) is 6.42 Å². The van der Waals surface area contributed by atoms with E-state index in [1.165, 1.54) is 97.1 Å². The van der Waals surface area contributed by atoms with Crippen LogP contribution >= 0.6 is 38.5 Å². The maximum absolute atomic E-state index is 3.59. The summed E-state index contributed by atoms with van der Waals surface area (Å²) in [5, 5.41) is 0. The van der Waals surface area contributed by atoms with E-state index in [0.717, 1.165) is 0 Å². The molecule has 126 valence electrons. The molecule has 0 saturated heterocycles. The minimum absolute atomic E-state index is 1.22. The van der Waals surface area contributed by atoms with Crippen molar-refractivity contribution in [2.45, 2.75) is 90.4 Å². The van der Waals surface area contributed by atoms with E-state index in [9.17, 15) is 0 Å². The van der Waals surface area contributed by atoms with E-state index in [0.29, 0.717) is 0 Å². The van der Waals surface area contributed by atoms with E-state index >= 15 is 0 Å².